The molecule has 3 heterocycles. The summed E-state index contributed by atoms with van der Waals surface area (Å²) >= 11 is 0. The van der Waals surface area contributed by atoms with Gasteiger partial charge in [-0.1, -0.05) is 0 Å². The van der Waals surface area contributed by atoms with Gasteiger partial charge in [-0.2, -0.15) is 0 Å². The Labute approximate surface area is 198 Å². The molecule has 4 rings (SSSR count). The van der Waals surface area contributed by atoms with Crippen LogP contribution in [0.5, 0.6) is 0 Å². The van der Waals surface area contributed by atoms with E-state index in [1.165, 1.54) is 19.2 Å². The lowest BCUT2D eigenvalue weighted by molar-refractivity contribution is 0.0288. The number of rotatable bonds is 4. The highest BCUT2D eigenvalue weighted by Gasteiger charge is 2.31. The Morgan fingerprint density at radius 1 is 1.24 bits per heavy atom. The molecule has 180 valence electrons. The SMILES string of the molecule is COC(=O)c1cc(F)ccc1-n1cc(C[C@@H]2CCN(C(=O)OC(C)(C)C)C2)c2c(C)cncc21. The zero-order valence-corrected chi connectivity index (χ0v) is 20.2. The fourth-order valence-corrected chi connectivity index (χ4v) is 4.59. The molecule has 0 saturated carbocycles. The molecule has 0 spiro atoms. The van der Waals surface area contributed by atoms with Gasteiger partial charge in [0, 0.05) is 30.9 Å². The molecule has 7 nitrogen and oxygen atoms in total. The van der Waals surface area contributed by atoms with Crippen LogP contribution in [0.2, 0.25) is 0 Å². The number of esters is 1. The van der Waals surface area contributed by atoms with E-state index in [4.69, 9.17) is 9.47 Å². The van der Waals surface area contributed by atoms with E-state index >= 15 is 0 Å². The minimum Gasteiger partial charge on any atom is -0.465 e. The lowest BCUT2D eigenvalue weighted by Gasteiger charge is -2.24. The number of ether oxygens (including phenoxy) is 2. The number of halogens is 1. The van der Waals surface area contributed by atoms with Gasteiger partial charge in [0.2, 0.25) is 0 Å². The van der Waals surface area contributed by atoms with Crippen LogP contribution in [0.1, 0.15) is 48.7 Å². The van der Waals surface area contributed by atoms with E-state index < -0.39 is 17.4 Å². The Bertz CT molecular complexity index is 1240. The van der Waals surface area contributed by atoms with Crippen molar-refractivity contribution in [3.05, 3.63) is 59.3 Å². The number of carbonyl (C=O) groups excluding carboxylic acids is 2. The molecule has 1 aliphatic rings. The van der Waals surface area contributed by atoms with Crippen molar-refractivity contribution in [2.24, 2.45) is 5.92 Å². The number of benzene rings is 1. The summed E-state index contributed by atoms with van der Waals surface area (Å²) in [7, 11) is 1.28. The van der Waals surface area contributed by atoms with Crippen LogP contribution < -0.4 is 0 Å². The second-order valence-corrected chi connectivity index (χ2v) is 9.81. The van der Waals surface area contributed by atoms with Crippen molar-refractivity contribution in [3.63, 3.8) is 0 Å². The van der Waals surface area contributed by atoms with Crippen molar-refractivity contribution in [1.29, 1.82) is 0 Å². The molecule has 1 saturated heterocycles. The Morgan fingerprint density at radius 2 is 2.00 bits per heavy atom. The number of fused-ring (bicyclic) bond motifs is 1. The Hall–Kier alpha value is -3.42. The number of aryl methyl sites for hydroxylation is 1. The standard InChI is InChI=1S/C26H30FN3O4/c1-16-12-28-13-22-23(16)18(10-17-8-9-29(14-17)25(32)34-26(2,3)4)15-30(22)21-7-6-19(27)11-20(21)24(31)33-5/h6-7,11-13,15,17H,8-10,14H2,1-5H3/t17-/m0/s1. The minimum absolute atomic E-state index is 0.143. The fraction of sp³-hybridized carbons (Fsp3) is 0.423. The topological polar surface area (TPSA) is 73.7 Å². The van der Waals surface area contributed by atoms with Crippen molar-refractivity contribution in [2.45, 2.75) is 46.1 Å². The van der Waals surface area contributed by atoms with Gasteiger partial charge in [0.1, 0.15) is 11.4 Å². The smallest absolute Gasteiger partial charge is 0.410 e. The third-order valence-corrected chi connectivity index (χ3v) is 6.05. The molecule has 2 aromatic heterocycles. The number of methoxy groups -OCH3 is 1. The maximum absolute atomic E-state index is 13.9. The molecular formula is C26H30FN3O4. The summed E-state index contributed by atoms with van der Waals surface area (Å²) in [5.41, 5.74) is 3.07. The molecule has 1 aliphatic heterocycles. The first-order valence-corrected chi connectivity index (χ1v) is 11.4. The van der Waals surface area contributed by atoms with E-state index in [0.29, 0.717) is 18.8 Å². The lowest BCUT2D eigenvalue weighted by atomic mass is 9.97. The van der Waals surface area contributed by atoms with Gasteiger partial charge in [0.15, 0.2) is 0 Å². The molecule has 0 bridgehead atoms. The fourth-order valence-electron chi connectivity index (χ4n) is 4.59. The van der Waals surface area contributed by atoms with Gasteiger partial charge in [-0.3, -0.25) is 4.98 Å². The average molecular weight is 468 g/mol. The second-order valence-electron chi connectivity index (χ2n) is 9.81. The average Bonchev–Trinajstić information content (AvgIpc) is 3.38. The molecule has 1 aromatic carbocycles. The Balaban J connectivity index is 1.68. The Morgan fingerprint density at radius 3 is 2.71 bits per heavy atom. The third-order valence-electron chi connectivity index (χ3n) is 6.05. The van der Waals surface area contributed by atoms with E-state index in [1.54, 1.807) is 17.2 Å². The van der Waals surface area contributed by atoms with Crippen LogP contribution in [0.4, 0.5) is 9.18 Å². The first kappa shape index (κ1) is 23.7. The number of aromatic nitrogens is 2. The highest BCUT2D eigenvalue weighted by atomic mass is 19.1. The van der Waals surface area contributed by atoms with E-state index in [1.807, 2.05) is 44.7 Å². The summed E-state index contributed by atoms with van der Waals surface area (Å²) < 4.78 is 26.2. The molecule has 1 atom stereocenters. The zero-order chi connectivity index (χ0) is 24.6. The quantitative estimate of drug-likeness (QED) is 0.502. The van der Waals surface area contributed by atoms with Crippen LogP contribution in [0.25, 0.3) is 16.6 Å². The van der Waals surface area contributed by atoms with Gasteiger partial charge >= 0.3 is 12.1 Å². The molecule has 0 aliphatic carbocycles. The van der Waals surface area contributed by atoms with Crippen molar-refractivity contribution in [1.82, 2.24) is 14.5 Å². The molecule has 8 heteroatoms. The predicted octanol–water partition coefficient (Wildman–Crippen LogP) is 5.06. The Kier molecular flexibility index (Phi) is 6.34. The van der Waals surface area contributed by atoms with Crippen molar-refractivity contribution in [2.75, 3.05) is 20.2 Å². The highest BCUT2D eigenvalue weighted by Crippen LogP contribution is 2.32. The summed E-state index contributed by atoms with van der Waals surface area (Å²) in [5, 5.41) is 1.05. The van der Waals surface area contributed by atoms with Gasteiger partial charge < -0.3 is 18.9 Å². The normalized spacial score (nSPS) is 16.2. The van der Waals surface area contributed by atoms with E-state index in [9.17, 15) is 14.0 Å². The predicted molar refractivity (Wildman–Crippen MR) is 127 cm³/mol. The molecule has 1 fully saturated rings. The molecule has 34 heavy (non-hydrogen) atoms. The van der Waals surface area contributed by atoms with E-state index in [2.05, 4.69) is 4.98 Å². The molecule has 0 N–H and O–H groups in total. The summed E-state index contributed by atoms with van der Waals surface area (Å²) in [6.45, 7) is 8.86. The maximum Gasteiger partial charge on any atom is 0.410 e. The summed E-state index contributed by atoms with van der Waals surface area (Å²) in [5.74, 6) is -0.849. The number of hydrogen-bond acceptors (Lipinski definition) is 5. The van der Waals surface area contributed by atoms with Crippen LogP contribution in [-0.4, -0.2) is 52.3 Å². The minimum atomic E-state index is -0.609. The van der Waals surface area contributed by atoms with Crippen LogP contribution >= 0.6 is 0 Å². The number of amides is 1. The molecule has 0 radical (unpaired) electrons. The lowest BCUT2D eigenvalue weighted by Crippen LogP contribution is -2.35. The maximum atomic E-state index is 13.9. The number of nitrogens with zero attached hydrogens (tertiary/aromatic N) is 3. The van der Waals surface area contributed by atoms with Crippen LogP contribution in [0.3, 0.4) is 0 Å². The van der Waals surface area contributed by atoms with Gasteiger partial charge in [0.25, 0.3) is 0 Å². The number of likely N-dealkylation sites (tertiary alicyclic amines) is 1. The zero-order valence-electron chi connectivity index (χ0n) is 20.2. The largest absolute Gasteiger partial charge is 0.465 e. The molecule has 0 unspecified atom stereocenters. The molecule has 1 amide bonds. The first-order valence-electron chi connectivity index (χ1n) is 11.4. The van der Waals surface area contributed by atoms with Crippen molar-refractivity contribution < 1.29 is 23.5 Å². The van der Waals surface area contributed by atoms with Gasteiger partial charge in [-0.05, 0) is 75.8 Å². The van der Waals surface area contributed by atoms with Crippen LogP contribution in [-0.2, 0) is 15.9 Å². The molecule has 3 aromatic rings. The number of pyridine rings is 1. The second kappa shape index (κ2) is 9.08. The summed E-state index contributed by atoms with van der Waals surface area (Å²) in [6.07, 6.45) is 6.88. The van der Waals surface area contributed by atoms with Gasteiger partial charge in [0.05, 0.1) is 30.1 Å². The first-order chi connectivity index (χ1) is 16.1. The van der Waals surface area contributed by atoms with Gasteiger partial charge in [-0.15, -0.1) is 0 Å². The molecular weight excluding hydrogens is 437 g/mol. The van der Waals surface area contributed by atoms with Crippen LogP contribution in [0.15, 0.2) is 36.8 Å². The summed E-state index contributed by atoms with van der Waals surface area (Å²) in [4.78, 5) is 31.0. The van der Waals surface area contributed by atoms with Crippen LogP contribution in [0, 0.1) is 18.7 Å². The van der Waals surface area contributed by atoms with Crippen molar-refractivity contribution in [3.8, 4) is 5.69 Å². The number of carbonyl (C=O) groups is 2. The van der Waals surface area contributed by atoms with E-state index in [0.717, 1.165) is 34.9 Å². The highest BCUT2D eigenvalue weighted by molar-refractivity contribution is 5.95. The third kappa shape index (κ3) is 4.76. The van der Waals surface area contributed by atoms with Gasteiger partial charge in [-0.25, -0.2) is 14.0 Å². The van der Waals surface area contributed by atoms with E-state index in [-0.39, 0.29) is 17.6 Å². The summed E-state index contributed by atoms with van der Waals surface area (Å²) in [6, 6.07) is 4.09. The number of hydrogen-bond donors (Lipinski definition) is 0. The van der Waals surface area contributed by atoms with Crippen molar-refractivity contribution >= 4 is 23.0 Å². The monoisotopic (exact) mass is 467 g/mol.